The molecule has 32 heavy (non-hydrogen) atoms. The molecule has 8 nitrogen and oxygen atoms in total. The molecule has 0 aliphatic carbocycles. The highest BCUT2D eigenvalue weighted by Gasteiger charge is 2.34. The van der Waals surface area contributed by atoms with Gasteiger partial charge in [-0.1, -0.05) is 36.4 Å². The van der Waals surface area contributed by atoms with E-state index in [1.807, 2.05) is 0 Å². The van der Waals surface area contributed by atoms with Crippen molar-refractivity contribution in [1.82, 2.24) is 14.7 Å². The fraction of sp³-hybridized carbons (Fsp3) is 0.217. The summed E-state index contributed by atoms with van der Waals surface area (Å²) in [6, 6.07) is 11.8. The Morgan fingerprint density at radius 3 is 2.62 bits per heavy atom. The molecule has 1 aliphatic heterocycles. The van der Waals surface area contributed by atoms with E-state index in [1.54, 1.807) is 35.2 Å². The number of aromatic nitrogens is 2. The van der Waals surface area contributed by atoms with E-state index >= 15 is 0 Å². The molecule has 1 aliphatic rings. The summed E-state index contributed by atoms with van der Waals surface area (Å²) >= 11 is 0. The normalized spacial score (nSPS) is 15.2. The van der Waals surface area contributed by atoms with Crippen molar-refractivity contribution >= 4 is 17.5 Å². The highest BCUT2D eigenvalue weighted by molar-refractivity contribution is 6.00. The Labute approximate surface area is 183 Å². The van der Waals surface area contributed by atoms with Crippen LogP contribution in [0, 0.1) is 12.4 Å². The van der Waals surface area contributed by atoms with Crippen LogP contribution in [-0.2, 0) is 17.8 Å². The summed E-state index contributed by atoms with van der Waals surface area (Å²) in [6.45, 7) is 6.99. The van der Waals surface area contributed by atoms with Gasteiger partial charge in [-0.15, -0.1) is 0 Å². The molecular weight excluding hydrogens is 413 g/mol. The maximum atomic E-state index is 13.8. The number of aliphatic hydroxyl groups excluding tert-OH is 1. The van der Waals surface area contributed by atoms with Crippen molar-refractivity contribution in [3.05, 3.63) is 82.6 Å². The third kappa shape index (κ3) is 3.96. The summed E-state index contributed by atoms with van der Waals surface area (Å²) in [5.41, 5.74) is 7.98. The first-order valence-electron chi connectivity index (χ1n) is 9.93. The van der Waals surface area contributed by atoms with E-state index in [0.29, 0.717) is 16.9 Å². The van der Waals surface area contributed by atoms with Gasteiger partial charge in [-0.2, -0.15) is 5.10 Å². The number of fused-ring (bicyclic) bond motifs is 1. The maximum Gasteiger partial charge on any atom is 0.252 e. The van der Waals surface area contributed by atoms with Crippen LogP contribution in [0.2, 0.25) is 0 Å². The molecule has 3 aromatic rings. The molecule has 162 valence electrons. The monoisotopic (exact) mass is 433 g/mol. The lowest BCUT2D eigenvalue weighted by Gasteiger charge is -2.33. The van der Waals surface area contributed by atoms with Gasteiger partial charge in [0, 0.05) is 12.1 Å². The van der Waals surface area contributed by atoms with Crippen LogP contribution in [-0.4, -0.2) is 44.8 Å². The molecule has 1 atom stereocenters. The lowest BCUT2D eigenvalue weighted by atomic mass is 10.0. The van der Waals surface area contributed by atoms with Crippen LogP contribution in [0.3, 0.4) is 0 Å². The Morgan fingerprint density at radius 1 is 1.25 bits per heavy atom. The number of nitrogens with two attached hydrogens (primary N) is 1. The zero-order valence-electron chi connectivity index (χ0n) is 17.0. The lowest BCUT2D eigenvalue weighted by Crippen LogP contribution is -2.43. The van der Waals surface area contributed by atoms with Crippen molar-refractivity contribution in [2.24, 2.45) is 5.73 Å². The molecule has 9 heteroatoms. The maximum absolute atomic E-state index is 13.8. The summed E-state index contributed by atoms with van der Waals surface area (Å²) in [5, 5.41) is 14.4. The van der Waals surface area contributed by atoms with Crippen LogP contribution in [0.15, 0.2) is 48.5 Å². The molecule has 2 amide bonds. The van der Waals surface area contributed by atoms with Gasteiger partial charge in [0.05, 0.1) is 43.4 Å². The molecular formula is C23H20FN5O3. The second-order valence-electron chi connectivity index (χ2n) is 7.56. The van der Waals surface area contributed by atoms with Crippen molar-refractivity contribution in [1.29, 1.82) is 0 Å². The predicted molar refractivity (Wildman–Crippen MR) is 114 cm³/mol. The fourth-order valence-electron chi connectivity index (χ4n) is 3.90. The number of rotatable bonds is 5. The number of benzene rings is 2. The van der Waals surface area contributed by atoms with Crippen molar-refractivity contribution < 1.29 is 19.1 Å². The van der Waals surface area contributed by atoms with Crippen molar-refractivity contribution in [2.75, 3.05) is 13.2 Å². The third-order valence-corrected chi connectivity index (χ3v) is 5.46. The van der Waals surface area contributed by atoms with Crippen LogP contribution < -0.4 is 5.73 Å². The highest BCUT2D eigenvalue weighted by atomic mass is 19.1. The summed E-state index contributed by atoms with van der Waals surface area (Å²) in [5.74, 6) is -1.43. The minimum absolute atomic E-state index is 0.0794. The number of primary amides is 1. The number of amides is 2. The van der Waals surface area contributed by atoms with Crippen LogP contribution in [0.4, 0.5) is 10.1 Å². The number of carbonyl (C=O) groups is 2. The number of hydrogen-bond acceptors (Lipinski definition) is 4. The molecule has 1 aromatic heterocycles. The molecule has 0 bridgehead atoms. The molecule has 3 N–H and O–H groups in total. The van der Waals surface area contributed by atoms with Crippen LogP contribution in [0.5, 0.6) is 0 Å². The number of aliphatic hydroxyl groups is 1. The van der Waals surface area contributed by atoms with Gasteiger partial charge >= 0.3 is 0 Å². The molecule has 0 radical (unpaired) electrons. The smallest absolute Gasteiger partial charge is 0.252 e. The topological polar surface area (TPSA) is 106 Å². The number of nitrogens with zero attached hydrogens (tertiary/aromatic N) is 4. The molecule has 0 fully saturated rings. The Kier molecular flexibility index (Phi) is 5.71. The first-order valence-corrected chi connectivity index (χ1v) is 9.93. The van der Waals surface area contributed by atoms with E-state index in [9.17, 15) is 19.1 Å². The number of halogens is 1. The van der Waals surface area contributed by atoms with Crippen molar-refractivity contribution in [3.63, 3.8) is 0 Å². The second kappa shape index (κ2) is 8.61. The molecule has 0 spiro atoms. The Hall–Kier alpha value is -4.03. The summed E-state index contributed by atoms with van der Waals surface area (Å²) in [4.78, 5) is 30.2. The molecule has 0 saturated heterocycles. The van der Waals surface area contributed by atoms with E-state index in [0.717, 1.165) is 5.56 Å². The zero-order chi connectivity index (χ0) is 22.8. The zero-order valence-corrected chi connectivity index (χ0v) is 17.0. The van der Waals surface area contributed by atoms with E-state index in [2.05, 4.69) is 9.94 Å². The van der Waals surface area contributed by atoms with E-state index in [-0.39, 0.29) is 43.3 Å². The van der Waals surface area contributed by atoms with E-state index in [1.165, 1.54) is 22.9 Å². The quantitative estimate of drug-likeness (QED) is 0.603. The summed E-state index contributed by atoms with van der Waals surface area (Å²) < 4.78 is 15.3. The van der Waals surface area contributed by atoms with Gasteiger partial charge in [-0.25, -0.2) is 9.24 Å². The number of carbonyl (C=O) groups excluding carboxylic acids is 2. The summed E-state index contributed by atoms with van der Waals surface area (Å²) in [6.07, 6.45) is 0.104. The minimum atomic E-state index is -0.744. The lowest BCUT2D eigenvalue weighted by molar-refractivity contribution is -0.132. The standard InChI is InChI=1S/C23H20FN5O3/c1-26-17-7-5-14(6-8-17)9-20(31)28-11-18(13-30)29-19(12-28)21(23(25)32)22(27-29)15-3-2-4-16(24)10-15/h2-8,10,18,30H,9,11-13H2,(H2,25,32). The third-order valence-electron chi connectivity index (χ3n) is 5.46. The fourth-order valence-corrected chi connectivity index (χ4v) is 3.90. The van der Waals surface area contributed by atoms with Gasteiger partial charge in [-0.05, 0) is 17.7 Å². The van der Waals surface area contributed by atoms with Gasteiger partial charge in [0.1, 0.15) is 11.5 Å². The van der Waals surface area contributed by atoms with E-state index < -0.39 is 17.8 Å². The van der Waals surface area contributed by atoms with Gasteiger partial charge in [-0.3, -0.25) is 14.3 Å². The Bertz CT molecular complexity index is 1230. The van der Waals surface area contributed by atoms with Crippen LogP contribution >= 0.6 is 0 Å². The molecule has 1 unspecified atom stereocenters. The first-order chi connectivity index (χ1) is 15.4. The van der Waals surface area contributed by atoms with Crippen molar-refractivity contribution in [2.45, 2.75) is 19.0 Å². The SMILES string of the molecule is [C-]#[N+]c1ccc(CC(=O)N2Cc3c(C(N)=O)c(-c4cccc(F)c4)nn3C(CO)C2)cc1. The van der Waals surface area contributed by atoms with Crippen LogP contribution in [0.1, 0.15) is 27.7 Å². The number of hydrogen-bond donors (Lipinski definition) is 2. The Morgan fingerprint density at radius 2 is 2.00 bits per heavy atom. The second-order valence-corrected chi connectivity index (χ2v) is 7.56. The first kappa shape index (κ1) is 21.2. The van der Waals surface area contributed by atoms with Gasteiger partial charge < -0.3 is 15.7 Å². The largest absolute Gasteiger partial charge is 0.394 e. The summed E-state index contributed by atoms with van der Waals surface area (Å²) in [7, 11) is 0. The average Bonchev–Trinajstić information content (AvgIpc) is 3.19. The predicted octanol–water partition coefficient (Wildman–Crippen LogP) is 2.46. The van der Waals surface area contributed by atoms with Gasteiger partial charge in [0.25, 0.3) is 5.91 Å². The Balaban J connectivity index is 1.68. The van der Waals surface area contributed by atoms with Gasteiger partial charge in [0.2, 0.25) is 5.91 Å². The van der Waals surface area contributed by atoms with Gasteiger partial charge in [0.15, 0.2) is 5.69 Å². The minimum Gasteiger partial charge on any atom is -0.394 e. The molecule has 4 rings (SSSR count). The van der Waals surface area contributed by atoms with Crippen molar-refractivity contribution in [3.8, 4) is 11.3 Å². The molecule has 0 saturated carbocycles. The molecule has 2 heterocycles. The average molecular weight is 433 g/mol. The van der Waals surface area contributed by atoms with E-state index in [4.69, 9.17) is 12.3 Å². The highest BCUT2D eigenvalue weighted by Crippen LogP contribution is 2.32. The van der Waals surface area contributed by atoms with Crippen LogP contribution in [0.25, 0.3) is 16.1 Å². The molecule has 2 aromatic carbocycles.